The molecule has 27 heavy (non-hydrogen) atoms. The number of thioether (sulfide) groups is 1. The predicted octanol–water partition coefficient (Wildman–Crippen LogP) is 3.64. The lowest BCUT2D eigenvalue weighted by Crippen LogP contribution is -2.28. The van der Waals surface area contributed by atoms with E-state index in [9.17, 15) is 9.59 Å². The van der Waals surface area contributed by atoms with Crippen LogP contribution in [0.5, 0.6) is 5.75 Å². The summed E-state index contributed by atoms with van der Waals surface area (Å²) in [7, 11) is 0. The first-order valence-corrected chi connectivity index (χ1v) is 9.57. The van der Waals surface area contributed by atoms with E-state index in [1.165, 1.54) is 11.8 Å². The molecule has 0 saturated carbocycles. The maximum absolute atomic E-state index is 12.3. The number of aryl methyl sites for hydroxylation is 1. The van der Waals surface area contributed by atoms with Gasteiger partial charge >= 0.3 is 0 Å². The molecule has 1 heterocycles. The zero-order valence-electron chi connectivity index (χ0n) is 15.2. The topological polar surface area (TPSA) is 79.8 Å². The SMILES string of the molecule is CCOc1ccc(NC(=O)C[C@@H]2SC(=Nc3ccccc3C)NC2=O)cc1. The zero-order valence-corrected chi connectivity index (χ0v) is 16.0. The third-order valence-electron chi connectivity index (χ3n) is 3.93. The van der Waals surface area contributed by atoms with Gasteiger partial charge in [-0.2, -0.15) is 0 Å². The summed E-state index contributed by atoms with van der Waals surface area (Å²) in [5, 5.41) is 5.58. The van der Waals surface area contributed by atoms with Gasteiger partial charge in [-0.1, -0.05) is 30.0 Å². The standard InChI is InChI=1S/C20H21N3O3S/c1-3-26-15-10-8-14(9-11-15)21-18(24)12-17-19(25)23-20(27-17)22-16-7-5-4-6-13(16)2/h4-11,17H,3,12H2,1-2H3,(H,21,24)(H,22,23,25)/t17-/m0/s1. The first-order valence-electron chi connectivity index (χ1n) is 8.69. The van der Waals surface area contributed by atoms with E-state index in [1.54, 1.807) is 24.3 Å². The molecule has 1 aliphatic rings. The van der Waals surface area contributed by atoms with Crippen molar-refractivity contribution in [1.82, 2.24) is 5.32 Å². The summed E-state index contributed by atoms with van der Waals surface area (Å²) < 4.78 is 5.37. The summed E-state index contributed by atoms with van der Waals surface area (Å²) in [5.41, 5.74) is 2.50. The van der Waals surface area contributed by atoms with E-state index < -0.39 is 5.25 Å². The number of benzene rings is 2. The Morgan fingerprint density at radius 1 is 1.22 bits per heavy atom. The number of hydrogen-bond donors (Lipinski definition) is 2. The summed E-state index contributed by atoms with van der Waals surface area (Å²) in [5.74, 6) is 0.330. The van der Waals surface area contributed by atoms with Crippen LogP contribution in [0.4, 0.5) is 11.4 Å². The van der Waals surface area contributed by atoms with Crippen molar-refractivity contribution in [2.45, 2.75) is 25.5 Å². The van der Waals surface area contributed by atoms with Crippen LogP contribution in [-0.2, 0) is 9.59 Å². The maximum Gasteiger partial charge on any atom is 0.240 e. The van der Waals surface area contributed by atoms with Crippen LogP contribution >= 0.6 is 11.8 Å². The number of carbonyl (C=O) groups excluding carboxylic acids is 2. The number of amides is 2. The molecule has 2 amide bonds. The third kappa shape index (κ3) is 5.10. The number of amidine groups is 1. The Morgan fingerprint density at radius 3 is 2.67 bits per heavy atom. The lowest BCUT2D eigenvalue weighted by Gasteiger charge is -2.08. The predicted molar refractivity (Wildman–Crippen MR) is 109 cm³/mol. The maximum atomic E-state index is 12.3. The van der Waals surface area contributed by atoms with Crippen LogP contribution in [-0.4, -0.2) is 28.8 Å². The fourth-order valence-corrected chi connectivity index (χ4v) is 3.55. The average molecular weight is 383 g/mol. The third-order valence-corrected chi connectivity index (χ3v) is 5.02. The van der Waals surface area contributed by atoms with E-state index in [1.807, 2.05) is 38.1 Å². The Morgan fingerprint density at radius 2 is 1.96 bits per heavy atom. The molecule has 2 N–H and O–H groups in total. The van der Waals surface area contributed by atoms with E-state index in [0.29, 0.717) is 17.5 Å². The molecular weight excluding hydrogens is 362 g/mol. The minimum atomic E-state index is -0.490. The number of para-hydroxylation sites is 1. The van der Waals surface area contributed by atoms with Crippen molar-refractivity contribution in [3.05, 3.63) is 54.1 Å². The molecule has 0 unspecified atom stereocenters. The molecule has 1 fully saturated rings. The van der Waals surface area contributed by atoms with E-state index in [0.717, 1.165) is 17.0 Å². The summed E-state index contributed by atoms with van der Waals surface area (Å²) in [6.07, 6.45) is 0.0799. The van der Waals surface area contributed by atoms with Gasteiger partial charge in [-0.3, -0.25) is 9.59 Å². The van der Waals surface area contributed by atoms with Crippen molar-refractivity contribution in [2.24, 2.45) is 4.99 Å². The highest BCUT2D eigenvalue weighted by atomic mass is 32.2. The molecule has 7 heteroatoms. The lowest BCUT2D eigenvalue weighted by atomic mass is 10.2. The van der Waals surface area contributed by atoms with Crippen LogP contribution in [0.3, 0.4) is 0 Å². The van der Waals surface area contributed by atoms with Gasteiger partial charge in [-0.15, -0.1) is 0 Å². The number of carbonyl (C=O) groups is 2. The molecule has 1 atom stereocenters. The van der Waals surface area contributed by atoms with Crippen LogP contribution < -0.4 is 15.4 Å². The number of nitrogens with one attached hydrogen (secondary N) is 2. The second kappa shape index (κ2) is 8.73. The van der Waals surface area contributed by atoms with Gasteiger partial charge in [-0.25, -0.2) is 4.99 Å². The highest BCUT2D eigenvalue weighted by molar-refractivity contribution is 8.15. The van der Waals surface area contributed by atoms with Crippen LogP contribution in [0.15, 0.2) is 53.5 Å². The smallest absolute Gasteiger partial charge is 0.240 e. The average Bonchev–Trinajstić information content (AvgIpc) is 2.98. The number of anilines is 1. The first-order chi connectivity index (χ1) is 13.0. The van der Waals surface area contributed by atoms with Gasteiger partial charge < -0.3 is 15.4 Å². The zero-order chi connectivity index (χ0) is 19.2. The number of ether oxygens (including phenoxy) is 1. The van der Waals surface area contributed by atoms with E-state index in [2.05, 4.69) is 15.6 Å². The summed E-state index contributed by atoms with van der Waals surface area (Å²) >= 11 is 1.28. The van der Waals surface area contributed by atoms with Gasteiger partial charge in [0.15, 0.2) is 5.17 Å². The Labute approximate surface area is 162 Å². The van der Waals surface area contributed by atoms with Crippen molar-refractivity contribution < 1.29 is 14.3 Å². The van der Waals surface area contributed by atoms with Gasteiger partial charge in [0.05, 0.1) is 12.3 Å². The van der Waals surface area contributed by atoms with Gasteiger partial charge in [0, 0.05) is 12.1 Å². The normalized spacial score (nSPS) is 17.6. The molecule has 0 aromatic heterocycles. The molecule has 2 aromatic carbocycles. The van der Waals surface area contributed by atoms with Crippen molar-refractivity contribution in [3.63, 3.8) is 0 Å². The molecule has 1 saturated heterocycles. The molecule has 0 bridgehead atoms. The quantitative estimate of drug-likeness (QED) is 0.798. The van der Waals surface area contributed by atoms with Crippen LogP contribution in [0.2, 0.25) is 0 Å². The Hall–Kier alpha value is -2.80. The minimum Gasteiger partial charge on any atom is -0.494 e. The highest BCUT2D eigenvalue weighted by Crippen LogP contribution is 2.27. The van der Waals surface area contributed by atoms with Crippen LogP contribution in [0.25, 0.3) is 0 Å². The van der Waals surface area contributed by atoms with Crippen molar-refractivity contribution in [1.29, 1.82) is 0 Å². The largest absolute Gasteiger partial charge is 0.494 e. The van der Waals surface area contributed by atoms with Crippen LogP contribution in [0, 0.1) is 6.92 Å². The van der Waals surface area contributed by atoms with E-state index in [4.69, 9.17) is 4.74 Å². The first kappa shape index (κ1) is 19.0. The minimum absolute atomic E-state index is 0.0799. The molecule has 3 rings (SSSR count). The fraction of sp³-hybridized carbons (Fsp3) is 0.250. The summed E-state index contributed by atoms with van der Waals surface area (Å²) in [6.45, 7) is 4.46. The van der Waals surface area contributed by atoms with E-state index >= 15 is 0 Å². The Balaban J connectivity index is 1.58. The second-order valence-corrected chi connectivity index (χ2v) is 7.20. The highest BCUT2D eigenvalue weighted by Gasteiger charge is 2.32. The monoisotopic (exact) mass is 383 g/mol. The lowest BCUT2D eigenvalue weighted by molar-refractivity contribution is -0.122. The van der Waals surface area contributed by atoms with Crippen molar-refractivity contribution in [3.8, 4) is 5.75 Å². The number of rotatable bonds is 6. The van der Waals surface area contributed by atoms with Gasteiger partial charge in [0.25, 0.3) is 0 Å². The molecule has 2 aromatic rings. The van der Waals surface area contributed by atoms with Gasteiger partial charge in [0.1, 0.15) is 11.0 Å². The summed E-state index contributed by atoms with van der Waals surface area (Å²) in [4.78, 5) is 28.9. The number of hydrogen-bond acceptors (Lipinski definition) is 5. The molecule has 1 aliphatic heterocycles. The summed E-state index contributed by atoms with van der Waals surface area (Å²) in [6, 6.07) is 14.8. The fourth-order valence-electron chi connectivity index (χ4n) is 2.57. The molecular formula is C20H21N3O3S. The Bertz CT molecular complexity index is 865. The second-order valence-electron chi connectivity index (χ2n) is 6.01. The Kier molecular flexibility index (Phi) is 6.13. The molecule has 0 spiro atoms. The van der Waals surface area contributed by atoms with Crippen LogP contribution in [0.1, 0.15) is 18.9 Å². The number of nitrogens with zero attached hydrogens (tertiary/aromatic N) is 1. The number of aliphatic imine (C=N–C) groups is 1. The van der Waals surface area contributed by atoms with E-state index in [-0.39, 0.29) is 18.2 Å². The molecule has 140 valence electrons. The molecule has 0 radical (unpaired) electrons. The van der Waals surface area contributed by atoms with Crippen molar-refractivity contribution in [2.75, 3.05) is 11.9 Å². The van der Waals surface area contributed by atoms with Gasteiger partial charge in [0.2, 0.25) is 11.8 Å². The molecule has 6 nitrogen and oxygen atoms in total. The molecule has 0 aliphatic carbocycles. The van der Waals surface area contributed by atoms with Gasteiger partial charge in [-0.05, 0) is 49.7 Å². The van der Waals surface area contributed by atoms with Crippen molar-refractivity contribution >= 4 is 40.1 Å².